The zero-order chi connectivity index (χ0) is 13.8. The summed E-state index contributed by atoms with van der Waals surface area (Å²) in [6.07, 6.45) is 8.94. The summed E-state index contributed by atoms with van der Waals surface area (Å²) < 4.78 is 5.75. The Morgan fingerprint density at radius 1 is 1.25 bits per heavy atom. The number of hydrazine groups is 1. The molecule has 1 saturated carbocycles. The molecule has 1 saturated heterocycles. The number of rotatable bonds is 6. The SMILES string of the molecule is NNC(CCC1CCCO1)C1(c2ccccc2)CCC1. The zero-order valence-corrected chi connectivity index (χ0v) is 12.2. The van der Waals surface area contributed by atoms with Crippen LogP contribution in [0.25, 0.3) is 0 Å². The van der Waals surface area contributed by atoms with Gasteiger partial charge in [-0.3, -0.25) is 11.3 Å². The zero-order valence-electron chi connectivity index (χ0n) is 12.2. The molecule has 1 aliphatic heterocycles. The van der Waals surface area contributed by atoms with E-state index in [9.17, 15) is 0 Å². The lowest BCUT2D eigenvalue weighted by Gasteiger charge is -2.48. The van der Waals surface area contributed by atoms with Gasteiger partial charge >= 0.3 is 0 Å². The standard InChI is InChI=1S/C17H26N2O/c18-19-16(10-9-15-8-4-13-20-15)17(11-5-12-17)14-6-2-1-3-7-14/h1-3,6-7,15-16,19H,4-5,8-13,18H2. The summed E-state index contributed by atoms with van der Waals surface area (Å²) in [5, 5.41) is 0. The minimum Gasteiger partial charge on any atom is -0.378 e. The number of nitrogens with two attached hydrogens (primary N) is 1. The Morgan fingerprint density at radius 2 is 2.05 bits per heavy atom. The number of nitrogens with one attached hydrogen (secondary N) is 1. The molecular weight excluding hydrogens is 248 g/mol. The Bertz CT molecular complexity index is 410. The van der Waals surface area contributed by atoms with Crippen molar-refractivity contribution in [2.45, 2.75) is 62.5 Å². The van der Waals surface area contributed by atoms with Crippen molar-refractivity contribution in [1.82, 2.24) is 5.43 Å². The van der Waals surface area contributed by atoms with Crippen molar-refractivity contribution in [3.05, 3.63) is 35.9 Å². The summed E-state index contributed by atoms with van der Waals surface area (Å²) in [5.74, 6) is 5.90. The molecule has 0 spiro atoms. The van der Waals surface area contributed by atoms with E-state index in [-0.39, 0.29) is 5.41 Å². The molecule has 3 rings (SSSR count). The molecule has 2 fully saturated rings. The largest absolute Gasteiger partial charge is 0.378 e. The normalized spacial score (nSPS) is 26.1. The Morgan fingerprint density at radius 3 is 2.60 bits per heavy atom. The second-order valence-electron chi connectivity index (χ2n) is 6.31. The van der Waals surface area contributed by atoms with Gasteiger partial charge < -0.3 is 4.74 Å². The van der Waals surface area contributed by atoms with Crippen molar-refractivity contribution in [2.24, 2.45) is 5.84 Å². The lowest BCUT2D eigenvalue weighted by Crippen LogP contribution is -2.55. The van der Waals surface area contributed by atoms with E-state index >= 15 is 0 Å². The first kappa shape index (κ1) is 14.1. The molecule has 0 bridgehead atoms. The molecule has 20 heavy (non-hydrogen) atoms. The first-order valence-corrected chi connectivity index (χ1v) is 7.98. The fraction of sp³-hybridized carbons (Fsp3) is 0.647. The van der Waals surface area contributed by atoms with Crippen LogP contribution in [-0.2, 0) is 10.2 Å². The molecule has 2 atom stereocenters. The summed E-state index contributed by atoms with van der Waals surface area (Å²) in [5.41, 5.74) is 4.80. The van der Waals surface area contributed by atoms with Crippen LogP contribution >= 0.6 is 0 Å². The fourth-order valence-corrected chi connectivity index (χ4v) is 3.91. The lowest BCUT2D eigenvalue weighted by molar-refractivity contribution is 0.0873. The second kappa shape index (κ2) is 6.25. The van der Waals surface area contributed by atoms with Gasteiger partial charge in [-0.1, -0.05) is 36.8 Å². The summed E-state index contributed by atoms with van der Waals surface area (Å²) in [7, 11) is 0. The lowest BCUT2D eigenvalue weighted by atomic mass is 9.59. The van der Waals surface area contributed by atoms with Crippen LogP contribution in [-0.4, -0.2) is 18.8 Å². The summed E-state index contributed by atoms with van der Waals surface area (Å²) >= 11 is 0. The van der Waals surface area contributed by atoms with Crippen LogP contribution in [0.3, 0.4) is 0 Å². The van der Waals surface area contributed by atoms with E-state index in [1.807, 2.05) is 0 Å². The monoisotopic (exact) mass is 274 g/mol. The molecule has 3 nitrogen and oxygen atoms in total. The molecule has 3 heteroatoms. The highest BCUT2D eigenvalue weighted by Crippen LogP contribution is 2.47. The summed E-state index contributed by atoms with van der Waals surface area (Å²) in [6.45, 7) is 0.940. The van der Waals surface area contributed by atoms with Crippen LogP contribution in [0.2, 0.25) is 0 Å². The van der Waals surface area contributed by atoms with Gasteiger partial charge in [0.25, 0.3) is 0 Å². The third-order valence-corrected chi connectivity index (χ3v) is 5.26. The number of benzene rings is 1. The smallest absolute Gasteiger partial charge is 0.0576 e. The van der Waals surface area contributed by atoms with Crippen molar-refractivity contribution in [3.8, 4) is 0 Å². The van der Waals surface area contributed by atoms with E-state index in [1.165, 1.54) is 37.7 Å². The third-order valence-electron chi connectivity index (χ3n) is 5.26. The Labute approximate surface area is 121 Å². The van der Waals surface area contributed by atoms with Crippen molar-refractivity contribution >= 4 is 0 Å². The molecule has 2 unspecified atom stereocenters. The summed E-state index contributed by atoms with van der Waals surface area (Å²) in [6, 6.07) is 11.3. The maximum Gasteiger partial charge on any atom is 0.0576 e. The highest BCUT2D eigenvalue weighted by atomic mass is 16.5. The van der Waals surface area contributed by atoms with E-state index in [4.69, 9.17) is 10.6 Å². The van der Waals surface area contributed by atoms with Gasteiger partial charge in [0.1, 0.15) is 0 Å². The maximum atomic E-state index is 5.90. The molecule has 0 amide bonds. The molecule has 110 valence electrons. The van der Waals surface area contributed by atoms with Crippen LogP contribution in [0.5, 0.6) is 0 Å². The quantitative estimate of drug-likeness (QED) is 0.619. The van der Waals surface area contributed by atoms with Crippen molar-refractivity contribution in [3.63, 3.8) is 0 Å². The average molecular weight is 274 g/mol. The van der Waals surface area contributed by atoms with Crippen LogP contribution < -0.4 is 11.3 Å². The van der Waals surface area contributed by atoms with Gasteiger partial charge in [0, 0.05) is 18.1 Å². The van der Waals surface area contributed by atoms with E-state index in [1.54, 1.807) is 0 Å². The van der Waals surface area contributed by atoms with E-state index in [0.717, 1.165) is 19.4 Å². The minimum absolute atomic E-state index is 0.245. The molecule has 1 aromatic rings. The molecule has 1 heterocycles. The van der Waals surface area contributed by atoms with E-state index in [2.05, 4.69) is 35.8 Å². The van der Waals surface area contributed by atoms with Gasteiger partial charge in [0.15, 0.2) is 0 Å². The molecule has 3 N–H and O–H groups in total. The molecule has 2 aliphatic rings. The first-order chi connectivity index (χ1) is 9.85. The number of ether oxygens (including phenoxy) is 1. The van der Waals surface area contributed by atoms with Gasteiger partial charge in [-0.05, 0) is 44.1 Å². The van der Waals surface area contributed by atoms with Gasteiger partial charge in [-0.25, -0.2) is 0 Å². The predicted molar refractivity (Wildman–Crippen MR) is 81.3 cm³/mol. The average Bonchev–Trinajstić information content (AvgIpc) is 2.95. The topological polar surface area (TPSA) is 47.3 Å². The third kappa shape index (κ3) is 2.62. The van der Waals surface area contributed by atoms with Crippen molar-refractivity contribution in [2.75, 3.05) is 6.61 Å². The van der Waals surface area contributed by atoms with Gasteiger partial charge in [-0.15, -0.1) is 0 Å². The van der Waals surface area contributed by atoms with E-state index in [0.29, 0.717) is 12.1 Å². The first-order valence-electron chi connectivity index (χ1n) is 7.98. The van der Waals surface area contributed by atoms with Crippen LogP contribution in [0, 0.1) is 0 Å². The van der Waals surface area contributed by atoms with Crippen LogP contribution in [0.4, 0.5) is 0 Å². The second-order valence-corrected chi connectivity index (χ2v) is 6.31. The highest BCUT2D eigenvalue weighted by Gasteiger charge is 2.44. The molecule has 1 aliphatic carbocycles. The Balaban J connectivity index is 1.69. The van der Waals surface area contributed by atoms with Gasteiger partial charge in [-0.2, -0.15) is 0 Å². The maximum absolute atomic E-state index is 5.90. The Kier molecular flexibility index (Phi) is 4.39. The minimum atomic E-state index is 0.245. The highest BCUT2D eigenvalue weighted by molar-refractivity contribution is 5.30. The van der Waals surface area contributed by atoms with Gasteiger partial charge in [0.2, 0.25) is 0 Å². The van der Waals surface area contributed by atoms with E-state index < -0.39 is 0 Å². The number of hydrogen-bond donors (Lipinski definition) is 2. The fourth-order valence-electron chi connectivity index (χ4n) is 3.91. The Hall–Kier alpha value is -0.900. The predicted octanol–water partition coefficient (Wildman–Crippen LogP) is 2.90. The molecule has 1 aromatic carbocycles. The molecular formula is C17H26N2O. The van der Waals surface area contributed by atoms with Gasteiger partial charge in [0.05, 0.1) is 6.10 Å². The molecule has 0 radical (unpaired) electrons. The number of hydrogen-bond acceptors (Lipinski definition) is 3. The van der Waals surface area contributed by atoms with Crippen LogP contribution in [0.1, 0.15) is 50.5 Å². The van der Waals surface area contributed by atoms with Crippen molar-refractivity contribution in [1.29, 1.82) is 0 Å². The molecule has 0 aromatic heterocycles. The van der Waals surface area contributed by atoms with Crippen LogP contribution in [0.15, 0.2) is 30.3 Å². The summed E-state index contributed by atoms with van der Waals surface area (Å²) in [4.78, 5) is 0. The van der Waals surface area contributed by atoms with Crippen molar-refractivity contribution < 1.29 is 4.74 Å².